The number of hydrogen-bond acceptors (Lipinski definition) is 3. The number of aromatic nitrogens is 1. The first kappa shape index (κ1) is 16.0. The third-order valence-electron chi connectivity index (χ3n) is 3.30. The van der Waals surface area contributed by atoms with Crippen LogP contribution in [-0.2, 0) is 13.1 Å². The van der Waals surface area contributed by atoms with Gasteiger partial charge in [0.15, 0.2) is 0 Å². The van der Waals surface area contributed by atoms with Gasteiger partial charge in [0.05, 0.1) is 12.2 Å². The van der Waals surface area contributed by atoms with Gasteiger partial charge in [0.25, 0.3) is 0 Å². The lowest BCUT2D eigenvalue weighted by atomic mass is 10.2. The van der Waals surface area contributed by atoms with Crippen LogP contribution < -0.4 is 10.2 Å². The average molecular weight is 348 g/mol. The zero-order chi connectivity index (χ0) is 15.2. The summed E-state index contributed by atoms with van der Waals surface area (Å²) >= 11 is 3.67. The second-order valence-electron chi connectivity index (χ2n) is 5.49. The Morgan fingerprint density at radius 2 is 2.05 bits per heavy atom. The minimum atomic E-state index is 0.489. The molecule has 1 heterocycles. The van der Waals surface area contributed by atoms with Gasteiger partial charge in [0.1, 0.15) is 0 Å². The molecule has 112 valence electrons. The van der Waals surface area contributed by atoms with Crippen LogP contribution in [0.15, 0.2) is 47.1 Å². The number of nitrogens with zero attached hydrogens (tertiary/aromatic N) is 2. The average Bonchev–Trinajstić information content (AvgIpc) is 2.46. The Hall–Kier alpha value is -1.39. The number of rotatable bonds is 6. The normalized spacial score (nSPS) is 10.9. The Morgan fingerprint density at radius 3 is 2.67 bits per heavy atom. The van der Waals surface area contributed by atoms with Gasteiger partial charge in [-0.2, -0.15) is 0 Å². The van der Waals surface area contributed by atoms with Gasteiger partial charge in [-0.25, -0.2) is 0 Å². The molecule has 1 aromatic carbocycles. The highest BCUT2D eigenvalue weighted by molar-refractivity contribution is 9.10. The predicted octanol–water partition coefficient (Wildman–Crippen LogP) is 3.98. The van der Waals surface area contributed by atoms with E-state index < -0.39 is 0 Å². The van der Waals surface area contributed by atoms with Gasteiger partial charge in [-0.3, -0.25) is 4.98 Å². The van der Waals surface area contributed by atoms with E-state index >= 15 is 0 Å². The lowest BCUT2D eigenvalue weighted by Gasteiger charge is -2.20. The van der Waals surface area contributed by atoms with Gasteiger partial charge in [-0.1, -0.05) is 41.9 Å². The van der Waals surface area contributed by atoms with Gasteiger partial charge >= 0.3 is 0 Å². The number of pyridine rings is 1. The van der Waals surface area contributed by atoms with Crippen molar-refractivity contribution in [3.8, 4) is 0 Å². The van der Waals surface area contributed by atoms with Gasteiger partial charge in [0, 0.05) is 36.0 Å². The van der Waals surface area contributed by atoms with Crippen LogP contribution >= 0.6 is 15.9 Å². The molecule has 0 amide bonds. The second kappa shape index (κ2) is 7.57. The van der Waals surface area contributed by atoms with Crippen LogP contribution in [0.4, 0.5) is 5.69 Å². The fraction of sp³-hybridized carbons (Fsp3) is 0.353. The third-order valence-corrected chi connectivity index (χ3v) is 4.04. The van der Waals surface area contributed by atoms with Crippen molar-refractivity contribution in [2.24, 2.45) is 0 Å². The molecule has 0 radical (unpaired) electrons. The van der Waals surface area contributed by atoms with Gasteiger partial charge < -0.3 is 10.2 Å². The largest absolute Gasteiger partial charge is 0.369 e. The molecule has 1 aromatic heterocycles. The molecule has 0 saturated heterocycles. The van der Waals surface area contributed by atoms with Crippen molar-refractivity contribution < 1.29 is 0 Å². The van der Waals surface area contributed by atoms with E-state index in [9.17, 15) is 0 Å². The summed E-state index contributed by atoms with van der Waals surface area (Å²) in [6, 6.07) is 13.0. The van der Waals surface area contributed by atoms with E-state index in [2.05, 4.69) is 70.2 Å². The summed E-state index contributed by atoms with van der Waals surface area (Å²) in [7, 11) is 2.09. The quantitative estimate of drug-likeness (QED) is 0.856. The molecule has 0 saturated carbocycles. The van der Waals surface area contributed by atoms with Crippen molar-refractivity contribution in [3.63, 3.8) is 0 Å². The van der Waals surface area contributed by atoms with Gasteiger partial charge in [-0.15, -0.1) is 0 Å². The maximum Gasteiger partial charge on any atom is 0.0598 e. The number of anilines is 1. The zero-order valence-electron chi connectivity index (χ0n) is 12.8. The molecule has 0 atom stereocenters. The first-order valence-electron chi connectivity index (χ1n) is 7.19. The van der Waals surface area contributed by atoms with E-state index in [4.69, 9.17) is 0 Å². The van der Waals surface area contributed by atoms with E-state index in [0.29, 0.717) is 6.04 Å². The maximum absolute atomic E-state index is 4.37. The highest BCUT2D eigenvalue weighted by Gasteiger charge is 2.07. The summed E-state index contributed by atoms with van der Waals surface area (Å²) in [6.45, 7) is 5.99. The molecule has 0 fully saturated rings. The predicted molar refractivity (Wildman–Crippen MR) is 92.5 cm³/mol. The van der Waals surface area contributed by atoms with Crippen LogP contribution in [0, 0.1) is 0 Å². The first-order valence-corrected chi connectivity index (χ1v) is 7.98. The highest BCUT2D eigenvalue weighted by atomic mass is 79.9. The van der Waals surface area contributed by atoms with E-state index in [1.807, 2.05) is 24.4 Å². The SMILES string of the molecule is CC(C)NCc1ccc(N(C)Cc2ccccn2)cc1Br. The Kier molecular flexibility index (Phi) is 5.76. The van der Waals surface area contributed by atoms with Crippen LogP contribution in [0.1, 0.15) is 25.1 Å². The smallest absolute Gasteiger partial charge is 0.0598 e. The van der Waals surface area contributed by atoms with Crippen LogP contribution in [0.25, 0.3) is 0 Å². The van der Waals surface area contributed by atoms with E-state index in [1.54, 1.807) is 0 Å². The maximum atomic E-state index is 4.37. The lowest BCUT2D eigenvalue weighted by molar-refractivity contribution is 0.588. The highest BCUT2D eigenvalue weighted by Crippen LogP contribution is 2.24. The van der Waals surface area contributed by atoms with Crippen LogP contribution in [0.3, 0.4) is 0 Å². The first-order chi connectivity index (χ1) is 10.1. The second-order valence-corrected chi connectivity index (χ2v) is 6.34. The minimum Gasteiger partial charge on any atom is -0.369 e. The molecule has 0 aliphatic rings. The molecule has 0 aliphatic heterocycles. The molecular weight excluding hydrogens is 326 g/mol. The third kappa shape index (κ3) is 4.83. The molecule has 4 heteroatoms. The van der Waals surface area contributed by atoms with Crippen molar-refractivity contribution in [1.29, 1.82) is 0 Å². The zero-order valence-corrected chi connectivity index (χ0v) is 14.4. The molecule has 21 heavy (non-hydrogen) atoms. The van der Waals surface area contributed by atoms with Crippen molar-refractivity contribution >= 4 is 21.6 Å². The topological polar surface area (TPSA) is 28.2 Å². The summed E-state index contributed by atoms with van der Waals surface area (Å²) in [5.41, 5.74) is 3.53. The summed E-state index contributed by atoms with van der Waals surface area (Å²) in [6.07, 6.45) is 1.83. The number of nitrogens with one attached hydrogen (secondary N) is 1. The van der Waals surface area contributed by atoms with Gasteiger partial charge in [0.2, 0.25) is 0 Å². The fourth-order valence-electron chi connectivity index (χ4n) is 2.06. The molecule has 3 nitrogen and oxygen atoms in total. The summed E-state index contributed by atoms with van der Waals surface area (Å²) in [5.74, 6) is 0. The molecule has 0 spiro atoms. The fourth-order valence-corrected chi connectivity index (χ4v) is 2.56. The molecule has 2 aromatic rings. The number of benzene rings is 1. The molecule has 0 unspecified atom stereocenters. The molecular formula is C17H22BrN3. The van der Waals surface area contributed by atoms with E-state index in [-0.39, 0.29) is 0 Å². The molecule has 2 rings (SSSR count). The Bertz CT molecular complexity index is 570. The monoisotopic (exact) mass is 347 g/mol. The molecule has 0 bridgehead atoms. The Labute approximate surface area is 135 Å². The number of halogens is 1. The lowest BCUT2D eigenvalue weighted by Crippen LogP contribution is -2.22. The van der Waals surface area contributed by atoms with Gasteiger partial charge in [-0.05, 0) is 29.8 Å². The Balaban J connectivity index is 2.05. The van der Waals surface area contributed by atoms with Crippen molar-refractivity contribution in [3.05, 3.63) is 58.3 Å². The molecule has 0 aliphatic carbocycles. The minimum absolute atomic E-state index is 0.489. The van der Waals surface area contributed by atoms with E-state index in [1.165, 1.54) is 11.3 Å². The summed E-state index contributed by atoms with van der Waals surface area (Å²) < 4.78 is 1.14. The van der Waals surface area contributed by atoms with Crippen LogP contribution in [-0.4, -0.2) is 18.1 Å². The van der Waals surface area contributed by atoms with Crippen LogP contribution in [0.5, 0.6) is 0 Å². The standard InChI is InChI=1S/C17H22BrN3/c1-13(2)20-11-14-7-8-16(10-17(14)18)21(3)12-15-6-4-5-9-19-15/h4-10,13,20H,11-12H2,1-3H3. The number of hydrogen-bond donors (Lipinski definition) is 1. The summed E-state index contributed by atoms with van der Waals surface area (Å²) in [4.78, 5) is 6.57. The van der Waals surface area contributed by atoms with E-state index in [0.717, 1.165) is 23.3 Å². The van der Waals surface area contributed by atoms with Crippen molar-refractivity contribution in [2.45, 2.75) is 33.0 Å². The van der Waals surface area contributed by atoms with Crippen molar-refractivity contribution in [1.82, 2.24) is 10.3 Å². The van der Waals surface area contributed by atoms with Crippen molar-refractivity contribution in [2.75, 3.05) is 11.9 Å². The molecule has 1 N–H and O–H groups in total. The summed E-state index contributed by atoms with van der Waals surface area (Å²) in [5, 5.41) is 3.44. The van der Waals surface area contributed by atoms with Crippen LogP contribution in [0.2, 0.25) is 0 Å². The Morgan fingerprint density at radius 1 is 1.24 bits per heavy atom.